The maximum absolute atomic E-state index is 12.7. The van der Waals surface area contributed by atoms with E-state index in [1.165, 1.54) is 5.56 Å². The van der Waals surface area contributed by atoms with Gasteiger partial charge in [0.25, 0.3) is 0 Å². The highest BCUT2D eigenvalue weighted by Crippen LogP contribution is 2.36. The van der Waals surface area contributed by atoms with Crippen LogP contribution in [0.4, 0.5) is 5.69 Å². The number of methoxy groups -OCH3 is 1. The summed E-state index contributed by atoms with van der Waals surface area (Å²) < 4.78 is 16.8. The molecule has 7 heteroatoms. The highest BCUT2D eigenvalue weighted by Gasteiger charge is 2.35. The van der Waals surface area contributed by atoms with Gasteiger partial charge in [-0.3, -0.25) is 4.79 Å². The van der Waals surface area contributed by atoms with Crippen LogP contribution in [-0.2, 0) is 4.79 Å². The number of aromatic nitrogens is 2. The van der Waals surface area contributed by atoms with Gasteiger partial charge in [0.1, 0.15) is 11.3 Å². The Bertz CT molecular complexity index is 1300. The lowest BCUT2D eigenvalue weighted by molar-refractivity contribution is -0.117. The second kappa shape index (κ2) is 7.27. The number of furan rings is 1. The summed E-state index contributed by atoms with van der Waals surface area (Å²) in [6, 6.07) is 11.7. The smallest absolute Gasteiger partial charge is 0.238 e. The zero-order valence-electron chi connectivity index (χ0n) is 17.9. The van der Waals surface area contributed by atoms with Crippen molar-refractivity contribution in [2.24, 2.45) is 0 Å². The summed E-state index contributed by atoms with van der Waals surface area (Å²) in [5.74, 6) is 2.06. The Morgan fingerprint density at radius 1 is 1.10 bits per heavy atom. The summed E-state index contributed by atoms with van der Waals surface area (Å²) in [5.41, 5.74) is 4.91. The Kier molecular flexibility index (Phi) is 4.54. The molecule has 1 fully saturated rings. The predicted octanol–water partition coefficient (Wildman–Crippen LogP) is 4.94. The Hall–Kier alpha value is -3.61. The van der Waals surface area contributed by atoms with Crippen molar-refractivity contribution < 1.29 is 18.5 Å². The number of carbonyl (C=O) groups is 1. The number of ether oxygens (including phenoxy) is 1. The molecule has 1 aliphatic heterocycles. The van der Waals surface area contributed by atoms with Crippen molar-refractivity contribution in [1.29, 1.82) is 0 Å². The van der Waals surface area contributed by atoms with Gasteiger partial charge in [0.15, 0.2) is 5.76 Å². The summed E-state index contributed by atoms with van der Waals surface area (Å²) >= 11 is 0. The standard InChI is InChI=1S/C24H23N3O4/c1-13-5-6-17(9-14(13)2)27-12-16(10-21(27)28)24-25-23(26-31-24)22-15(3)19-11-18(29-4)7-8-20(19)30-22/h5-9,11,16H,10,12H2,1-4H3/t16-/m0/s1. The van der Waals surface area contributed by atoms with Gasteiger partial charge in [0.05, 0.1) is 13.0 Å². The first-order valence-electron chi connectivity index (χ1n) is 10.2. The van der Waals surface area contributed by atoms with E-state index in [0.29, 0.717) is 30.4 Å². The van der Waals surface area contributed by atoms with E-state index in [1.54, 1.807) is 12.0 Å². The monoisotopic (exact) mass is 417 g/mol. The number of carbonyl (C=O) groups excluding carboxylic acids is 1. The molecule has 1 saturated heterocycles. The molecular formula is C24H23N3O4. The highest BCUT2D eigenvalue weighted by molar-refractivity contribution is 5.96. The zero-order chi connectivity index (χ0) is 21.7. The molecule has 0 bridgehead atoms. The van der Waals surface area contributed by atoms with E-state index in [9.17, 15) is 4.79 Å². The number of rotatable bonds is 4. The molecule has 0 radical (unpaired) electrons. The quantitative estimate of drug-likeness (QED) is 0.468. The number of hydrogen-bond acceptors (Lipinski definition) is 6. The maximum atomic E-state index is 12.7. The Morgan fingerprint density at radius 3 is 2.71 bits per heavy atom. The summed E-state index contributed by atoms with van der Waals surface area (Å²) in [5, 5.41) is 5.08. The van der Waals surface area contributed by atoms with E-state index < -0.39 is 0 Å². The minimum atomic E-state index is -0.153. The van der Waals surface area contributed by atoms with Crippen LogP contribution < -0.4 is 9.64 Å². The lowest BCUT2D eigenvalue weighted by Crippen LogP contribution is -2.24. The lowest BCUT2D eigenvalue weighted by atomic mass is 10.1. The summed E-state index contributed by atoms with van der Waals surface area (Å²) in [4.78, 5) is 19.0. The van der Waals surface area contributed by atoms with Crippen molar-refractivity contribution >= 4 is 22.6 Å². The molecule has 0 spiro atoms. The molecule has 158 valence electrons. The molecule has 0 N–H and O–H groups in total. The van der Waals surface area contributed by atoms with E-state index in [0.717, 1.165) is 33.5 Å². The molecule has 1 aliphatic rings. The number of aryl methyl sites for hydroxylation is 3. The van der Waals surface area contributed by atoms with Crippen molar-refractivity contribution in [3.05, 3.63) is 59.0 Å². The molecule has 0 aliphatic carbocycles. The molecular weight excluding hydrogens is 394 g/mol. The number of hydrogen-bond donors (Lipinski definition) is 0. The van der Waals surface area contributed by atoms with Gasteiger partial charge in [0, 0.05) is 29.6 Å². The Balaban J connectivity index is 1.42. The average Bonchev–Trinajstić information content (AvgIpc) is 3.47. The molecule has 5 rings (SSSR count). The van der Waals surface area contributed by atoms with Crippen LogP contribution in [-0.4, -0.2) is 29.7 Å². The molecule has 0 saturated carbocycles. The minimum absolute atomic E-state index is 0.0556. The van der Waals surface area contributed by atoms with Gasteiger partial charge in [-0.05, 0) is 62.2 Å². The fraction of sp³-hybridized carbons (Fsp3) is 0.292. The van der Waals surface area contributed by atoms with Crippen LogP contribution in [0.2, 0.25) is 0 Å². The zero-order valence-corrected chi connectivity index (χ0v) is 17.9. The largest absolute Gasteiger partial charge is 0.497 e. The predicted molar refractivity (Wildman–Crippen MR) is 116 cm³/mol. The van der Waals surface area contributed by atoms with Gasteiger partial charge >= 0.3 is 0 Å². The van der Waals surface area contributed by atoms with Gasteiger partial charge in [-0.2, -0.15) is 4.98 Å². The number of amides is 1. The highest BCUT2D eigenvalue weighted by atomic mass is 16.5. The third kappa shape index (κ3) is 3.26. The first-order valence-corrected chi connectivity index (χ1v) is 10.2. The minimum Gasteiger partial charge on any atom is -0.497 e. The van der Waals surface area contributed by atoms with Crippen molar-refractivity contribution in [2.45, 2.75) is 33.1 Å². The van der Waals surface area contributed by atoms with Crippen LogP contribution in [0, 0.1) is 20.8 Å². The van der Waals surface area contributed by atoms with Crippen molar-refractivity contribution in [3.63, 3.8) is 0 Å². The SMILES string of the molecule is COc1ccc2oc(-c3noc([C@H]4CC(=O)N(c5ccc(C)c(C)c5)C4)n3)c(C)c2c1. The van der Waals surface area contributed by atoms with Gasteiger partial charge in [-0.1, -0.05) is 11.2 Å². The molecule has 1 atom stereocenters. The fourth-order valence-electron chi connectivity index (χ4n) is 4.05. The van der Waals surface area contributed by atoms with E-state index >= 15 is 0 Å². The average molecular weight is 417 g/mol. The van der Waals surface area contributed by atoms with Crippen molar-refractivity contribution in [2.75, 3.05) is 18.6 Å². The molecule has 0 unspecified atom stereocenters. The lowest BCUT2D eigenvalue weighted by Gasteiger charge is -2.17. The van der Waals surface area contributed by atoms with Crippen molar-refractivity contribution in [3.8, 4) is 17.3 Å². The van der Waals surface area contributed by atoms with Gasteiger partial charge in [0.2, 0.25) is 17.6 Å². The molecule has 2 aromatic carbocycles. The Labute approximate surface area is 179 Å². The topological polar surface area (TPSA) is 81.6 Å². The van der Waals surface area contributed by atoms with Crippen LogP contribution in [0.25, 0.3) is 22.6 Å². The van der Waals surface area contributed by atoms with E-state index in [1.807, 2.05) is 50.2 Å². The maximum Gasteiger partial charge on any atom is 0.238 e. The van der Waals surface area contributed by atoms with Gasteiger partial charge in [-0.15, -0.1) is 0 Å². The van der Waals surface area contributed by atoms with Gasteiger partial charge in [-0.25, -0.2) is 0 Å². The first kappa shape index (κ1) is 19.4. The van der Waals surface area contributed by atoms with Crippen LogP contribution >= 0.6 is 0 Å². The van der Waals surface area contributed by atoms with Crippen LogP contribution in [0.1, 0.15) is 34.9 Å². The molecule has 2 aromatic heterocycles. The molecule has 4 aromatic rings. The Morgan fingerprint density at radius 2 is 1.94 bits per heavy atom. The third-order valence-electron chi connectivity index (χ3n) is 6.06. The second-order valence-electron chi connectivity index (χ2n) is 8.05. The second-order valence-corrected chi connectivity index (χ2v) is 8.05. The molecule has 7 nitrogen and oxygen atoms in total. The van der Waals surface area contributed by atoms with E-state index in [4.69, 9.17) is 13.7 Å². The summed E-state index contributed by atoms with van der Waals surface area (Å²) in [6.45, 7) is 6.58. The number of benzene rings is 2. The molecule has 1 amide bonds. The number of fused-ring (bicyclic) bond motifs is 1. The summed E-state index contributed by atoms with van der Waals surface area (Å²) in [6.07, 6.45) is 0.338. The first-order chi connectivity index (χ1) is 14.9. The van der Waals surface area contributed by atoms with Crippen LogP contribution in [0.15, 0.2) is 45.3 Å². The van der Waals surface area contributed by atoms with E-state index in [-0.39, 0.29) is 11.8 Å². The van der Waals surface area contributed by atoms with Gasteiger partial charge < -0.3 is 18.6 Å². The third-order valence-corrected chi connectivity index (χ3v) is 6.06. The molecule has 31 heavy (non-hydrogen) atoms. The summed E-state index contributed by atoms with van der Waals surface area (Å²) in [7, 11) is 1.63. The molecule has 3 heterocycles. The number of nitrogens with zero attached hydrogens (tertiary/aromatic N) is 3. The number of anilines is 1. The normalized spacial score (nSPS) is 16.5. The van der Waals surface area contributed by atoms with Crippen LogP contribution in [0.3, 0.4) is 0 Å². The van der Waals surface area contributed by atoms with Crippen molar-refractivity contribution in [1.82, 2.24) is 10.1 Å². The fourth-order valence-corrected chi connectivity index (χ4v) is 4.05. The van der Waals surface area contributed by atoms with E-state index in [2.05, 4.69) is 17.1 Å². The van der Waals surface area contributed by atoms with Crippen LogP contribution in [0.5, 0.6) is 5.75 Å².